The van der Waals surface area contributed by atoms with E-state index in [0.717, 1.165) is 48.7 Å². The molecule has 0 saturated carbocycles. The molecule has 0 aliphatic carbocycles. The van der Waals surface area contributed by atoms with Crippen LogP contribution in [-0.4, -0.2) is 28.4 Å². The van der Waals surface area contributed by atoms with Gasteiger partial charge in [-0.3, -0.25) is 0 Å². The number of aryl methyl sites for hydroxylation is 4. The minimum atomic E-state index is 0.714. The first-order valence-electron chi connectivity index (χ1n) is 12.4. The van der Waals surface area contributed by atoms with Crippen LogP contribution in [0.3, 0.4) is 0 Å². The van der Waals surface area contributed by atoms with E-state index in [1.165, 1.54) is 22.3 Å². The number of hydrogen-bond acceptors (Lipinski definition) is 5. The van der Waals surface area contributed by atoms with Gasteiger partial charge in [0, 0.05) is 0 Å². The van der Waals surface area contributed by atoms with Crippen molar-refractivity contribution in [3.63, 3.8) is 0 Å². The van der Waals surface area contributed by atoms with Gasteiger partial charge < -0.3 is 23.7 Å². The lowest BCUT2D eigenvalue weighted by molar-refractivity contribution is 0.354. The molecule has 5 nitrogen and oxygen atoms in total. The Bertz CT molecular complexity index is 1280. The summed E-state index contributed by atoms with van der Waals surface area (Å²) in [4.78, 5) is 0. The van der Waals surface area contributed by atoms with Crippen LogP contribution in [0, 0.1) is 0 Å². The van der Waals surface area contributed by atoms with Gasteiger partial charge in [-0.15, -0.1) is 0 Å². The highest BCUT2D eigenvalue weighted by atomic mass is 16.5. The van der Waals surface area contributed by atoms with Gasteiger partial charge in [-0.25, -0.2) is 0 Å². The Morgan fingerprint density at radius 2 is 0.784 bits per heavy atom. The zero-order chi connectivity index (χ0) is 26.0. The molecule has 4 aromatic carbocycles. The van der Waals surface area contributed by atoms with E-state index in [0.29, 0.717) is 11.5 Å². The molecule has 0 bridgehead atoms. The Morgan fingerprint density at radius 1 is 0.378 bits per heavy atom. The molecule has 0 fully saturated rings. The lowest BCUT2D eigenvalue weighted by atomic mass is 10.0. The standard InChI is InChI=1S/C32H34O5/c1-33-27-15-9-23(10-16-27)6-8-26-14-20-30(35-3)32(22-26)37-28-17-11-24(12-18-28)5-7-25-13-19-29(34-2)31(21-25)36-4/h9-22H,5-8H2,1-4H3. The molecule has 0 saturated heterocycles. The van der Waals surface area contributed by atoms with Gasteiger partial charge in [0.05, 0.1) is 28.4 Å². The SMILES string of the molecule is COc1ccc(CCc2ccc(OC)c(Oc3ccc(CCc4ccc(OC)c(OC)c4)cc3)c2)cc1. The van der Waals surface area contributed by atoms with Gasteiger partial charge in [0.1, 0.15) is 11.5 Å². The molecule has 0 aliphatic rings. The molecule has 0 radical (unpaired) electrons. The average molecular weight is 499 g/mol. The van der Waals surface area contributed by atoms with Crippen molar-refractivity contribution in [1.82, 2.24) is 0 Å². The van der Waals surface area contributed by atoms with Crippen LogP contribution in [0.25, 0.3) is 0 Å². The predicted molar refractivity (Wildman–Crippen MR) is 147 cm³/mol. The van der Waals surface area contributed by atoms with Gasteiger partial charge in [0.15, 0.2) is 23.0 Å². The molecular weight excluding hydrogens is 464 g/mol. The van der Waals surface area contributed by atoms with Crippen molar-refractivity contribution in [1.29, 1.82) is 0 Å². The van der Waals surface area contributed by atoms with E-state index < -0.39 is 0 Å². The molecule has 0 atom stereocenters. The molecule has 0 spiro atoms. The van der Waals surface area contributed by atoms with E-state index in [4.69, 9.17) is 23.7 Å². The van der Waals surface area contributed by atoms with Crippen molar-refractivity contribution in [3.8, 4) is 34.5 Å². The summed E-state index contributed by atoms with van der Waals surface area (Å²) in [6.45, 7) is 0. The van der Waals surface area contributed by atoms with Gasteiger partial charge in [-0.05, 0) is 96.5 Å². The summed E-state index contributed by atoms with van der Waals surface area (Å²) in [7, 11) is 6.65. The lowest BCUT2D eigenvalue weighted by Crippen LogP contribution is -1.96. The first kappa shape index (κ1) is 26.0. The fourth-order valence-electron chi connectivity index (χ4n) is 4.21. The molecule has 0 heterocycles. The summed E-state index contributed by atoms with van der Waals surface area (Å²) in [5, 5.41) is 0. The highest BCUT2D eigenvalue weighted by Gasteiger charge is 2.09. The Hall–Kier alpha value is -4.12. The second-order valence-corrected chi connectivity index (χ2v) is 8.77. The zero-order valence-corrected chi connectivity index (χ0v) is 22.0. The van der Waals surface area contributed by atoms with E-state index in [1.807, 2.05) is 42.5 Å². The van der Waals surface area contributed by atoms with Gasteiger partial charge in [-0.1, -0.05) is 36.4 Å². The van der Waals surface area contributed by atoms with Gasteiger partial charge in [0.2, 0.25) is 0 Å². The molecule has 0 N–H and O–H groups in total. The second kappa shape index (κ2) is 12.7. The number of hydrogen-bond donors (Lipinski definition) is 0. The van der Waals surface area contributed by atoms with E-state index in [2.05, 4.69) is 42.5 Å². The molecule has 0 aliphatic heterocycles. The van der Waals surface area contributed by atoms with Crippen molar-refractivity contribution in [3.05, 3.63) is 107 Å². The second-order valence-electron chi connectivity index (χ2n) is 8.77. The maximum atomic E-state index is 6.23. The molecule has 4 aromatic rings. The van der Waals surface area contributed by atoms with Crippen molar-refractivity contribution in [2.24, 2.45) is 0 Å². The summed E-state index contributed by atoms with van der Waals surface area (Å²) in [6.07, 6.45) is 3.66. The van der Waals surface area contributed by atoms with E-state index in [1.54, 1.807) is 28.4 Å². The third-order valence-electron chi connectivity index (χ3n) is 6.39. The molecular formula is C32H34O5. The summed E-state index contributed by atoms with van der Waals surface area (Å²) in [5.74, 6) is 4.58. The molecule has 4 rings (SSSR count). The maximum Gasteiger partial charge on any atom is 0.169 e. The van der Waals surface area contributed by atoms with Crippen LogP contribution in [0.4, 0.5) is 0 Å². The Kier molecular flexibility index (Phi) is 8.93. The van der Waals surface area contributed by atoms with Crippen molar-refractivity contribution >= 4 is 0 Å². The van der Waals surface area contributed by atoms with Gasteiger partial charge in [0.25, 0.3) is 0 Å². The highest BCUT2D eigenvalue weighted by Crippen LogP contribution is 2.33. The van der Waals surface area contributed by atoms with Crippen molar-refractivity contribution < 1.29 is 23.7 Å². The van der Waals surface area contributed by atoms with Crippen LogP contribution >= 0.6 is 0 Å². The van der Waals surface area contributed by atoms with Crippen LogP contribution in [0.15, 0.2) is 84.9 Å². The quantitative estimate of drug-likeness (QED) is 0.209. The first-order valence-corrected chi connectivity index (χ1v) is 12.4. The van der Waals surface area contributed by atoms with E-state index in [-0.39, 0.29) is 0 Å². The summed E-state index contributed by atoms with van der Waals surface area (Å²) in [5.41, 5.74) is 4.90. The highest BCUT2D eigenvalue weighted by molar-refractivity contribution is 5.46. The Morgan fingerprint density at radius 3 is 1.27 bits per heavy atom. The van der Waals surface area contributed by atoms with Crippen LogP contribution in [-0.2, 0) is 25.7 Å². The number of ether oxygens (including phenoxy) is 5. The minimum Gasteiger partial charge on any atom is -0.497 e. The summed E-state index contributed by atoms with van der Waals surface area (Å²) < 4.78 is 27.8. The fraction of sp³-hybridized carbons (Fsp3) is 0.250. The molecule has 37 heavy (non-hydrogen) atoms. The van der Waals surface area contributed by atoms with Crippen LogP contribution in [0.2, 0.25) is 0 Å². The topological polar surface area (TPSA) is 46.2 Å². The average Bonchev–Trinajstić information content (AvgIpc) is 2.96. The van der Waals surface area contributed by atoms with Gasteiger partial charge in [-0.2, -0.15) is 0 Å². The molecule has 5 heteroatoms. The fourth-order valence-corrected chi connectivity index (χ4v) is 4.21. The van der Waals surface area contributed by atoms with E-state index >= 15 is 0 Å². The normalized spacial score (nSPS) is 10.6. The minimum absolute atomic E-state index is 0.714. The van der Waals surface area contributed by atoms with Crippen molar-refractivity contribution in [2.75, 3.05) is 28.4 Å². The number of rotatable bonds is 12. The largest absolute Gasteiger partial charge is 0.497 e. The van der Waals surface area contributed by atoms with Crippen LogP contribution in [0.5, 0.6) is 34.5 Å². The Labute approximate surface area is 219 Å². The summed E-state index contributed by atoms with van der Waals surface area (Å²) in [6, 6.07) is 28.6. The number of methoxy groups -OCH3 is 4. The van der Waals surface area contributed by atoms with Crippen LogP contribution in [0.1, 0.15) is 22.3 Å². The third-order valence-corrected chi connectivity index (χ3v) is 6.39. The molecule has 0 amide bonds. The third kappa shape index (κ3) is 6.98. The lowest BCUT2D eigenvalue weighted by Gasteiger charge is -2.13. The van der Waals surface area contributed by atoms with Crippen molar-refractivity contribution in [2.45, 2.75) is 25.7 Å². The number of benzene rings is 4. The molecule has 0 aromatic heterocycles. The maximum absolute atomic E-state index is 6.23. The molecule has 192 valence electrons. The van der Waals surface area contributed by atoms with E-state index in [9.17, 15) is 0 Å². The smallest absolute Gasteiger partial charge is 0.169 e. The summed E-state index contributed by atoms with van der Waals surface area (Å²) >= 11 is 0. The molecule has 0 unspecified atom stereocenters. The van der Waals surface area contributed by atoms with Crippen LogP contribution < -0.4 is 23.7 Å². The monoisotopic (exact) mass is 498 g/mol. The zero-order valence-electron chi connectivity index (χ0n) is 22.0. The Balaban J connectivity index is 1.37. The van der Waals surface area contributed by atoms with Gasteiger partial charge >= 0.3 is 0 Å². The first-order chi connectivity index (χ1) is 18.1. The predicted octanol–water partition coefficient (Wildman–Crippen LogP) is 7.08.